The van der Waals surface area contributed by atoms with Crippen LogP contribution in [0.25, 0.3) is 0 Å². The quantitative estimate of drug-likeness (QED) is 0.712. The van der Waals surface area contributed by atoms with E-state index in [-0.39, 0.29) is 4.90 Å². The van der Waals surface area contributed by atoms with E-state index in [0.717, 1.165) is 25.7 Å². The van der Waals surface area contributed by atoms with Gasteiger partial charge >= 0.3 is 0 Å². The normalized spacial score (nSPS) is 13.3. The summed E-state index contributed by atoms with van der Waals surface area (Å²) in [5.41, 5.74) is 6.71. The number of nitrogens with two attached hydrogens (primary N) is 1. The fourth-order valence-electron chi connectivity index (χ4n) is 2.20. The number of unbranched alkanes of at least 4 members (excludes halogenated alkanes) is 1. The predicted molar refractivity (Wildman–Crippen MR) is 89.1 cm³/mol. The first kappa shape index (κ1) is 18.3. The highest BCUT2D eigenvalue weighted by atomic mass is 35.5. The van der Waals surface area contributed by atoms with Gasteiger partial charge in [0.1, 0.15) is 0 Å². The molecule has 0 heterocycles. The minimum Gasteiger partial charge on any atom is -0.398 e. The molecule has 0 aromatic heterocycles. The zero-order valence-electron chi connectivity index (χ0n) is 12.9. The molecule has 1 atom stereocenters. The van der Waals surface area contributed by atoms with Crippen LogP contribution in [0.3, 0.4) is 0 Å². The topological polar surface area (TPSA) is 72.2 Å². The predicted octanol–water partition coefficient (Wildman–Crippen LogP) is 3.73. The summed E-state index contributed by atoms with van der Waals surface area (Å²) in [5, 5.41) is 0.330. The molecule has 21 heavy (non-hydrogen) atoms. The fourth-order valence-corrected chi connectivity index (χ4v) is 3.91. The van der Waals surface area contributed by atoms with Gasteiger partial charge in [-0.3, -0.25) is 0 Å². The van der Waals surface area contributed by atoms with Gasteiger partial charge in [-0.2, -0.15) is 0 Å². The number of nitrogens with one attached hydrogen (secondary N) is 1. The lowest BCUT2D eigenvalue weighted by molar-refractivity contribution is 0.443. The van der Waals surface area contributed by atoms with Crippen LogP contribution in [0.2, 0.25) is 5.02 Å². The molecule has 0 aliphatic heterocycles. The molecular formula is C15H25ClN2O2S. The number of anilines is 1. The zero-order chi connectivity index (χ0) is 16.0. The molecule has 3 N–H and O–H groups in total. The van der Waals surface area contributed by atoms with Crippen LogP contribution in [-0.4, -0.2) is 15.0 Å². The van der Waals surface area contributed by atoms with Crippen molar-refractivity contribution in [3.05, 3.63) is 22.7 Å². The average Bonchev–Trinajstić information content (AvgIpc) is 2.43. The van der Waals surface area contributed by atoms with E-state index >= 15 is 0 Å². The highest BCUT2D eigenvalue weighted by molar-refractivity contribution is 7.89. The Labute approximate surface area is 133 Å². The van der Waals surface area contributed by atoms with Gasteiger partial charge in [0.2, 0.25) is 10.0 Å². The third-order valence-electron chi connectivity index (χ3n) is 3.76. The molecule has 0 saturated carbocycles. The number of rotatable bonds is 8. The van der Waals surface area contributed by atoms with Crippen LogP contribution < -0.4 is 10.5 Å². The van der Waals surface area contributed by atoms with Gasteiger partial charge in [0.15, 0.2) is 0 Å². The van der Waals surface area contributed by atoms with Crippen LogP contribution in [0, 0.1) is 12.8 Å². The maximum Gasteiger partial charge on any atom is 0.240 e. The Morgan fingerprint density at radius 2 is 2.00 bits per heavy atom. The molecule has 0 amide bonds. The first-order valence-corrected chi connectivity index (χ1v) is 9.23. The second-order valence-corrected chi connectivity index (χ2v) is 7.56. The monoisotopic (exact) mass is 332 g/mol. The lowest BCUT2D eigenvalue weighted by Crippen LogP contribution is -2.30. The summed E-state index contributed by atoms with van der Waals surface area (Å²) < 4.78 is 27.5. The van der Waals surface area contributed by atoms with Crippen molar-refractivity contribution in [2.45, 2.75) is 51.3 Å². The van der Waals surface area contributed by atoms with Crippen LogP contribution in [0.5, 0.6) is 0 Å². The van der Waals surface area contributed by atoms with Crippen LogP contribution in [-0.2, 0) is 10.0 Å². The first-order valence-electron chi connectivity index (χ1n) is 7.37. The molecule has 0 bridgehead atoms. The molecule has 0 spiro atoms. The van der Waals surface area contributed by atoms with Crippen molar-refractivity contribution in [1.29, 1.82) is 0 Å². The van der Waals surface area contributed by atoms with Crippen molar-refractivity contribution < 1.29 is 8.42 Å². The van der Waals surface area contributed by atoms with Crippen molar-refractivity contribution in [2.75, 3.05) is 12.3 Å². The third kappa shape index (κ3) is 5.16. The highest BCUT2D eigenvalue weighted by Gasteiger charge is 2.20. The Hall–Kier alpha value is -0.780. The summed E-state index contributed by atoms with van der Waals surface area (Å²) >= 11 is 5.91. The minimum atomic E-state index is -3.58. The summed E-state index contributed by atoms with van der Waals surface area (Å²) in [6.07, 6.45) is 4.22. The van der Waals surface area contributed by atoms with Crippen LogP contribution in [0.15, 0.2) is 17.0 Å². The second-order valence-electron chi connectivity index (χ2n) is 5.39. The molecule has 1 rings (SSSR count). The number of nitrogen functional groups attached to an aromatic ring is 1. The molecule has 4 nitrogen and oxygen atoms in total. The summed E-state index contributed by atoms with van der Waals surface area (Å²) in [6.45, 7) is 6.35. The maximum absolute atomic E-state index is 12.4. The van der Waals surface area contributed by atoms with Crippen LogP contribution in [0.1, 0.15) is 45.1 Å². The molecule has 0 saturated heterocycles. The van der Waals surface area contributed by atoms with E-state index < -0.39 is 10.0 Å². The smallest absolute Gasteiger partial charge is 0.240 e. The van der Waals surface area contributed by atoms with Crippen molar-refractivity contribution in [3.8, 4) is 0 Å². The number of halogens is 1. The lowest BCUT2D eigenvalue weighted by Gasteiger charge is -2.17. The van der Waals surface area contributed by atoms with Crippen molar-refractivity contribution in [1.82, 2.24) is 4.72 Å². The second kappa shape index (κ2) is 8.01. The third-order valence-corrected chi connectivity index (χ3v) is 5.53. The van der Waals surface area contributed by atoms with Crippen molar-refractivity contribution in [2.24, 2.45) is 5.92 Å². The summed E-state index contributed by atoms with van der Waals surface area (Å²) in [7, 11) is -3.58. The lowest BCUT2D eigenvalue weighted by atomic mass is 10.00. The summed E-state index contributed by atoms with van der Waals surface area (Å²) in [5.74, 6) is 0.358. The molecular weight excluding hydrogens is 308 g/mol. The van der Waals surface area contributed by atoms with E-state index in [1.54, 1.807) is 13.0 Å². The van der Waals surface area contributed by atoms with Gasteiger partial charge in [-0.1, -0.05) is 44.7 Å². The Morgan fingerprint density at radius 3 is 2.57 bits per heavy atom. The molecule has 0 aliphatic rings. The van der Waals surface area contributed by atoms with E-state index in [9.17, 15) is 8.42 Å². The first-order chi connectivity index (χ1) is 9.81. The van der Waals surface area contributed by atoms with E-state index in [0.29, 0.717) is 28.7 Å². The number of hydrogen-bond acceptors (Lipinski definition) is 3. The summed E-state index contributed by atoms with van der Waals surface area (Å²) in [4.78, 5) is 0.165. The molecule has 0 radical (unpaired) electrons. The molecule has 120 valence electrons. The van der Waals surface area contributed by atoms with E-state index in [1.807, 2.05) is 0 Å². The SMILES string of the molecule is CCCCC(CC)CNS(=O)(=O)c1cc(Cl)cc(N)c1C. The largest absolute Gasteiger partial charge is 0.398 e. The van der Waals surface area contributed by atoms with Gasteiger partial charge in [0.25, 0.3) is 0 Å². The van der Waals surface area contributed by atoms with Gasteiger partial charge in [-0.15, -0.1) is 0 Å². The van der Waals surface area contributed by atoms with Gasteiger partial charge in [-0.25, -0.2) is 13.1 Å². The number of hydrogen-bond donors (Lipinski definition) is 2. The average molecular weight is 333 g/mol. The molecule has 6 heteroatoms. The van der Waals surface area contributed by atoms with Crippen LogP contribution >= 0.6 is 11.6 Å². The molecule has 0 aliphatic carbocycles. The van der Waals surface area contributed by atoms with Gasteiger partial charge in [0, 0.05) is 17.3 Å². The molecule has 1 unspecified atom stereocenters. The van der Waals surface area contributed by atoms with E-state index in [1.165, 1.54) is 6.07 Å². The standard InChI is InChI=1S/C15H25ClN2O2S/c1-4-6-7-12(5-2)10-18-21(19,20)15-9-13(16)8-14(17)11(15)3/h8-9,12,18H,4-7,10,17H2,1-3H3. The highest BCUT2D eigenvalue weighted by Crippen LogP contribution is 2.26. The van der Waals surface area contributed by atoms with Crippen LogP contribution in [0.4, 0.5) is 5.69 Å². The van der Waals surface area contributed by atoms with Gasteiger partial charge in [0.05, 0.1) is 4.90 Å². The molecule has 1 aromatic rings. The maximum atomic E-state index is 12.4. The fraction of sp³-hybridized carbons (Fsp3) is 0.600. The van der Waals surface area contributed by atoms with Crippen molar-refractivity contribution >= 4 is 27.3 Å². The van der Waals surface area contributed by atoms with E-state index in [4.69, 9.17) is 17.3 Å². The van der Waals surface area contributed by atoms with E-state index in [2.05, 4.69) is 18.6 Å². The van der Waals surface area contributed by atoms with Gasteiger partial charge < -0.3 is 5.73 Å². The Balaban J connectivity index is 2.87. The summed E-state index contributed by atoms with van der Waals surface area (Å²) in [6, 6.07) is 3.01. The Morgan fingerprint density at radius 1 is 1.33 bits per heavy atom. The minimum absolute atomic E-state index is 0.165. The zero-order valence-corrected chi connectivity index (χ0v) is 14.5. The van der Waals surface area contributed by atoms with Crippen molar-refractivity contribution in [3.63, 3.8) is 0 Å². The Bertz CT molecular complexity index is 573. The molecule has 1 aromatic carbocycles. The number of sulfonamides is 1. The number of benzene rings is 1. The van der Waals surface area contributed by atoms with Gasteiger partial charge in [-0.05, 0) is 37.0 Å². The molecule has 0 fully saturated rings. The Kier molecular flexibility index (Phi) is 6.97.